The number of rotatable bonds is 3. The highest BCUT2D eigenvalue weighted by atomic mass is 16.5. The summed E-state index contributed by atoms with van der Waals surface area (Å²) in [4.78, 5) is 22.0. The molecule has 6 heteroatoms. The topological polar surface area (TPSA) is 89.6 Å². The Labute approximate surface area is 84.8 Å². The number of methoxy groups -OCH3 is 1. The number of carboxylic acids is 1. The molecule has 1 aromatic heterocycles. The third kappa shape index (κ3) is 1.29. The van der Waals surface area contributed by atoms with E-state index < -0.39 is 11.4 Å². The molecule has 0 bridgehead atoms. The van der Waals surface area contributed by atoms with Crippen molar-refractivity contribution >= 4 is 11.8 Å². The highest BCUT2D eigenvalue weighted by Gasteiger charge is 2.54. The summed E-state index contributed by atoms with van der Waals surface area (Å²) in [5.74, 6) is -0.773. The molecule has 1 saturated carbocycles. The number of carbonyl (C=O) groups excluding carboxylic acids is 1. The first-order valence-corrected chi connectivity index (χ1v) is 4.35. The van der Waals surface area contributed by atoms with Gasteiger partial charge in [-0.05, 0) is 5.16 Å². The molecule has 0 amide bonds. The Balaban J connectivity index is 2.34. The smallest absolute Gasteiger partial charge is 0.318 e. The molecule has 80 valence electrons. The van der Waals surface area contributed by atoms with Crippen LogP contribution >= 0.6 is 0 Å². The average Bonchev–Trinajstić information content (AvgIpc) is 2.60. The summed E-state index contributed by atoms with van der Waals surface area (Å²) in [6, 6.07) is 1.40. The van der Waals surface area contributed by atoms with Crippen LogP contribution in [0.3, 0.4) is 0 Å². The van der Waals surface area contributed by atoms with Crippen molar-refractivity contribution in [1.82, 2.24) is 5.16 Å². The van der Waals surface area contributed by atoms with E-state index in [2.05, 4.69) is 5.16 Å². The number of hydrogen-bond acceptors (Lipinski definition) is 5. The largest absolute Gasteiger partial charge is 0.480 e. The van der Waals surface area contributed by atoms with Gasteiger partial charge in [0.25, 0.3) is 5.88 Å². The van der Waals surface area contributed by atoms with Crippen LogP contribution in [0, 0.1) is 0 Å². The van der Waals surface area contributed by atoms with E-state index in [0.29, 0.717) is 0 Å². The van der Waals surface area contributed by atoms with Crippen LogP contribution in [-0.2, 0) is 15.0 Å². The fourth-order valence-electron chi connectivity index (χ4n) is 1.63. The molecule has 0 atom stereocenters. The van der Waals surface area contributed by atoms with E-state index in [9.17, 15) is 9.59 Å². The van der Waals surface area contributed by atoms with Crippen LogP contribution in [0.1, 0.15) is 18.6 Å². The van der Waals surface area contributed by atoms with Gasteiger partial charge in [-0.15, -0.1) is 0 Å². The van der Waals surface area contributed by atoms with E-state index in [1.807, 2.05) is 0 Å². The lowest BCUT2D eigenvalue weighted by Gasteiger charge is -2.33. The lowest BCUT2D eigenvalue weighted by molar-refractivity contribution is -0.154. The standard InChI is InChI=1S/C9H9NO5/c1-14-7-2-6(15-10-7)9(8(12)13)3-5(11)4-9/h2H,3-4H2,1H3,(H,12,13). The molecule has 0 radical (unpaired) electrons. The minimum Gasteiger partial charge on any atom is -0.480 e. The van der Waals surface area contributed by atoms with Crippen molar-refractivity contribution in [2.75, 3.05) is 7.11 Å². The maximum atomic E-state index is 11.1. The predicted octanol–water partition coefficient (Wildman–Crippen LogP) is 0.368. The number of nitrogens with zero attached hydrogens (tertiary/aromatic N) is 1. The van der Waals surface area contributed by atoms with Crippen LogP contribution in [0.2, 0.25) is 0 Å². The first kappa shape index (κ1) is 9.70. The molecule has 0 aliphatic heterocycles. The van der Waals surface area contributed by atoms with Gasteiger partial charge in [0.2, 0.25) is 0 Å². The van der Waals surface area contributed by atoms with Crippen molar-refractivity contribution in [3.05, 3.63) is 11.8 Å². The summed E-state index contributed by atoms with van der Waals surface area (Å²) in [6.07, 6.45) is -0.0820. The summed E-state index contributed by atoms with van der Waals surface area (Å²) in [6.45, 7) is 0. The second-order valence-electron chi connectivity index (χ2n) is 3.51. The second kappa shape index (κ2) is 3.08. The Morgan fingerprint density at radius 3 is 2.73 bits per heavy atom. The van der Waals surface area contributed by atoms with E-state index in [1.165, 1.54) is 13.2 Å². The molecule has 15 heavy (non-hydrogen) atoms. The van der Waals surface area contributed by atoms with Gasteiger partial charge in [0.1, 0.15) is 11.2 Å². The number of aromatic nitrogens is 1. The number of hydrogen-bond donors (Lipinski definition) is 1. The summed E-state index contributed by atoms with van der Waals surface area (Å²) in [7, 11) is 1.40. The molecule has 1 aromatic rings. The van der Waals surface area contributed by atoms with Crippen LogP contribution in [0.25, 0.3) is 0 Å². The van der Waals surface area contributed by atoms with Crippen LogP contribution in [0.4, 0.5) is 0 Å². The van der Waals surface area contributed by atoms with Crippen molar-refractivity contribution in [1.29, 1.82) is 0 Å². The fourth-order valence-corrected chi connectivity index (χ4v) is 1.63. The number of aliphatic carboxylic acids is 1. The van der Waals surface area contributed by atoms with E-state index >= 15 is 0 Å². The van der Waals surface area contributed by atoms with Crippen LogP contribution < -0.4 is 4.74 Å². The molecular formula is C9H9NO5. The van der Waals surface area contributed by atoms with Crippen molar-refractivity contribution in [2.45, 2.75) is 18.3 Å². The quantitative estimate of drug-likeness (QED) is 0.776. The van der Waals surface area contributed by atoms with Gasteiger partial charge >= 0.3 is 5.97 Å². The Morgan fingerprint density at radius 1 is 1.67 bits per heavy atom. The third-order valence-electron chi connectivity index (χ3n) is 2.58. The number of carbonyl (C=O) groups is 2. The fraction of sp³-hybridized carbons (Fsp3) is 0.444. The van der Waals surface area contributed by atoms with Crippen molar-refractivity contribution < 1.29 is 24.0 Å². The molecule has 1 N–H and O–H groups in total. The van der Waals surface area contributed by atoms with Gasteiger partial charge in [0.15, 0.2) is 5.76 Å². The molecule has 1 fully saturated rings. The summed E-state index contributed by atoms with van der Waals surface area (Å²) >= 11 is 0. The first-order chi connectivity index (χ1) is 7.08. The zero-order chi connectivity index (χ0) is 11.1. The molecule has 1 heterocycles. The van der Waals surface area contributed by atoms with Gasteiger partial charge < -0.3 is 14.4 Å². The molecule has 0 aromatic carbocycles. The molecule has 0 spiro atoms. The molecular weight excluding hydrogens is 202 g/mol. The number of ether oxygens (including phenoxy) is 1. The number of ketones is 1. The number of carboxylic acid groups (broad SMARTS) is 1. The van der Waals surface area contributed by atoms with Crippen molar-refractivity contribution in [3.8, 4) is 5.88 Å². The maximum Gasteiger partial charge on any atom is 0.318 e. The summed E-state index contributed by atoms with van der Waals surface area (Å²) in [5.41, 5.74) is -1.24. The summed E-state index contributed by atoms with van der Waals surface area (Å²) < 4.78 is 9.65. The highest BCUT2D eigenvalue weighted by Crippen LogP contribution is 2.42. The molecule has 1 aliphatic carbocycles. The summed E-state index contributed by atoms with van der Waals surface area (Å²) in [5, 5.41) is 12.6. The van der Waals surface area contributed by atoms with Crippen LogP contribution in [0.15, 0.2) is 10.6 Å². The molecule has 1 aliphatic rings. The maximum absolute atomic E-state index is 11.1. The van der Waals surface area contributed by atoms with Gasteiger partial charge in [-0.25, -0.2) is 0 Å². The van der Waals surface area contributed by atoms with E-state index in [4.69, 9.17) is 14.4 Å². The van der Waals surface area contributed by atoms with Crippen LogP contribution in [-0.4, -0.2) is 29.1 Å². The Morgan fingerprint density at radius 2 is 2.33 bits per heavy atom. The van der Waals surface area contributed by atoms with E-state index in [-0.39, 0.29) is 30.3 Å². The Bertz CT molecular complexity index is 414. The minimum absolute atomic E-state index is 0.0410. The Hall–Kier alpha value is -1.85. The molecule has 0 saturated heterocycles. The second-order valence-corrected chi connectivity index (χ2v) is 3.51. The third-order valence-corrected chi connectivity index (χ3v) is 2.58. The molecule has 0 unspecified atom stereocenters. The lowest BCUT2D eigenvalue weighted by atomic mass is 9.66. The van der Waals surface area contributed by atoms with Crippen molar-refractivity contribution in [3.63, 3.8) is 0 Å². The normalized spacial score (nSPS) is 18.3. The predicted molar refractivity (Wildman–Crippen MR) is 46.6 cm³/mol. The minimum atomic E-state index is -1.24. The highest BCUT2D eigenvalue weighted by molar-refractivity contribution is 6.00. The SMILES string of the molecule is COc1cc(C2(C(=O)O)CC(=O)C2)on1. The van der Waals surface area contributed by atoms with Crippen LogP contribution in [0.5, 0.6) is 5.88 Å². The average molecular weight is 211 g/mol. The zero-order valence-corrected chi connectivity index (χ0v) is 8.02. The van der Waals surface area contributed by atoms with E-state index in [0.717, 1.165) is 0 Å². The van der Waals surface area contributed by atoms with Gasteiger partial charge in [-0.3, -0.25) is 9.59 Å². The lowest BCUT2D eigenvalue weighted by Crippen LogP contribution is -2.48. The monoisotopic (exact) mass is 211 g/mol. The van der Waals surface area contributed by atoms with E-state index in [1.54, 1.807) is 0 Å². The molecule has 2 rings (SSSR count). The van der Waals surface area contributed by atoms with Gasteiger partial charge in [0.05, 0.1) is 7.11 Å². The molecule has 6 nitrogen and oxygen atoms in total. The Kier molecular flexibility index (Phi) is 1.99. The van der Waals surface area contributed by atoms with Gasteiger partial charge in [0, 0.05) is 18.9 Å². The first-order valence-electron chi connectivity index (χ1n) is 4.35. The van der Waals surface area contributed by atoms with Crippen molar-refractivity contribution in [2.24, 2.45) is 0 Å². The number of Topliss-reactive ketones (excluding diaryl/α,β-unsaturated/α-hetero) is 1. The van der Waals surface area contributed by atoms with Gasteiger partial charge in [-0.1, -0.05) is 0 Å². The van der Waals surface area contributed by atoms with Gasteiger partial charge in [-0.2, -0.15) is 0 Å². The zero-order valence-electron chi connectivity index (χ0n) is 8.02.